The Hall–Kier alpha value is -4.55. The maximum atomic E-state index is 14.2. The maximum Gasteiger partial charge on any atom is 0.412 e. The molecule has 0 saturated heterocycles. The van der Waals surface area contributed by atoms with Gasteiger partial charge >= 0.3 is 12.1 Å². The molecule has 256 valence electrons. The monoisotopic (exact) mass is 655 g/mol. The number of esters is 1. The summed E-state index contributed by atoms with van der Waals surface area (Å²) in [5.74, 6) is -6.77. The number of carbonyl (C=O) groups excluding carboxylic acids is 5. The Labute approximate surface area is 274 Å². The number of allylic oxidation sites excluding steroid dienone is 3. The number of hydrogen-bond acceptors (Lipinski definition) is 11. The van der Waals surface area contributed by atoms with E-state index >= 15 is 0 Å². The molecule has 1 aromatic rings. The summed E-state index contributed by atoms with van der Waals surface area (Å²) in [5.41, 5.74) is 4.86. The molecule has 13 nitrogen and oxygen atoms in total. The number of ketones is 2. The Morgan fingerprint density at radius 1 is 1.00 bits per heavy atom. The van der Waals surface area contributed by atoms with Crippen LogP contribution in [0.4, 0.5) is 10.5 Å². The van der Waals surface area contributed by atoms with Gasteiger partial charge in [-0.15, -0.1) is 0 Å². The zero-order valence-electron chi connectivity index (χ0n) is 28.2. The molecule has 3 aliphatic carbocycles. The number of aliphatic hydroxyl groups excluding tert-OH is 2. The third kappa shape index (κ3) is 6.93. The van der Waals surface area contributed by atoms with Crippen LogP contribution in [-0.4, -0.2) is 77.2 Å². The molecule has 5 N–H and O–H groups in total. The molecule has 0 aliphatic heterocycles. The summed E-state index contributed by atoms with van der Waals surface area (Å²) in [4.78, 5) is 67.9. The van der Waals surface area contributed by atoms with Crippen LogP contribution in [0.2, 0.25) is 0 Å². The first-order chi connectivity index (χ1) is 21.6. The number of benzene rings is 1. The van der Waals surface area contributed by atoms with Gasteiger partial charge in [-0.05, 0) is 62.5 Å². The number of carbonyl (C=O) groups is 5. The minimum absolute atomic E-state index is 0.0268. The molecule has 0 spiro atoms. The average molecular weight is 656 g/mol. The molecule has 0 bridgehead atoms. The third-order valence-electron chi connectivity index (χ3n) is 8.69. The number of phenolic OH excluding ortho intramolecular Hbond substituents is 1. The van der Waals surface area contributed by atoms with Crippen LogP contribution in [0, 0.1) is 28.6 Å². The van der Waals surface area contributed by atoms with Crippen molar-refractivity contribution in [3.63, 3.8) is 0 Å². The van der Waals surface area contributed by atoms with Crippen LogP contribution < -0.4 is 10.6 Å². The molecule has 0 radical (unpaired) electrons. The smallest absolute Gasteiger partial charge is 0.412 e. The minimum Gasteiger partial charge on any atom is -0.511 e. The fourth-order valence-corrected chi connectivity index (χ4v) is 6.67. The zero-order valence-corrected chi connectivity index (χ0v) is 28.2. The summed E-state index contributed by atoms with van der Waals surface area (Å²) < 4.78 is 10.4. The first-order valence-electron chi connectivity index (χ1n) is 15.5. The van der Waals surface area contributed by atoms with Gasteiger partial charge in [0.1, 0.15) is 22.8 Å². The topological polar surface area (TPSA) is 197 Å². The van der Waals surface area contributed by atoms with Crippen LogP contribution in [0.25, 0.3) is 0 Å². The van der Waals surface area contributed by atoms with Gasteiger partial charge in [0.25, 0.3) is 5.91 Å². The number of amides is 2. The van der Waals surface area contributed by atoms with E-state index in [0.29, 0.717) is 11.3 Å². The molecular formula is C34H45N3O10. The van der Waals surface area contributed by atoms with E-state index in [1.165, 1.54) is 4.90 Å². The fourth-order valence-electron chi connectivity index (χ4n) is 6.67. The van der Waals surface area contributed by atoms with Crippen LogP contribution in [0.5, 0.6) is 5.75 Å². The number of primary amides is 1. The molecule has 0 heterocycles. The van der Waals surface area contributed by atoms with Gasteiger partial charge in [-0.25, -0.2) is 4.79 Å². The molecule has 3 aliphatic rings. The van der Waals surface area contributed by atoms with Gasteiger partial charge in [-0.3, -0.25) is 19.2 Å². The van der Waals surface area contributed by atoms with Gasteiger partial charge in [0.15, 0.2) is 11.6 Å². The first-order valence-corrected chi connectivity index (χ1v) is 15.5. The number of rotatable bonds is 7. The molecule has 1 aromatic carbocycles. The molecule has 47 heavy (non-hydrogen) atoms. The van der Waals surface area contributed by atoms with Gasteiger partial charge in [0.05, 0.1) is 23.4 Å². The van der Waals surface area contributed by atoms with Crippen LogP contribution in [0.15, 0.2) is 28.7 Å². The number of anilines is 1. The van der Waals surface area contributed by atoms with Gasteiger partial charge in [0.2, 0.25) is 6.79 Å². The second-order valence-corrected chi connectivity index (χ2v) is 15.0. The molecular weight excluding hydrogens is 610 g/mol. The normalized spacial score (nSPS) is 21.1. The molecule has 4 rings (SSSR count). The predicted molar refractivity (Wildman–Crippen MR) is 170 cm³/mol. The molecule has 13 heteroatoms. The van der Waals surface area contributed by atoms with E-state index in [9.17, 15) is 39.3 Å². The van der Waals surface area contributed by atoms with Crippen molar-refractivity contribution < 1.29 is 48.8 Å². The maximum absolute atomic E-state index is 14.2. The van der Waals surface area contributed by atoms with Crippen LogP contribution >= 0.6 is 0 Å². The lowest BCUT2D eigenvalue weighted by Gasteiger charge is -2.41. The lowest BCUT2D eigenvalue weighted by Crippen LogP contribution is -2.43. The van der Waals surface area contributed by atoms with Crippen molar-refractivity contribution in [3.8, 4) is 5.75 Å². The van der Waals surface area contributed by atoms with E-state index in [0.717, 1.165) is 0 Å². The summed E-state index contributed by atoms with van der Waals surface area (Å²) in [6, 6.07) is 1.70. The van der Waals surface area contributed by atoms with Crippen molar-refractivity contribution in [3.05, 3.63) is 45.4 Å². The molecule has 3 unspecified atom stereocenters. The Morgan fingerprint density at radius 2 is 1.64 bits per heavy atom. The number of phenols is 1. The van der Waals surface area contributed by atoms with Gasteiger partial charge in [0, 0.05) is 43.9 Å². The Balaban J connectivity index is 1.73. The molecule has 2 amide bonds. The molecule has 0 fully saturated rings. The molecule has 0 aromatic heterocycles. The highest BCUT2D eigenvalue weighted by molar-refractivity contribution is 6.22. The predicted octanol–water partition coefficient (Wildman–Crippen LogP) is 4.06. The van der Waals surface area contributed by atoms with E-state index in [1.807, 2.05) is 20.8 Å². The van der Waals surface area contributed by atoms with Crippen molar-refractivity contribution >= 4 is 35.2 Å². The summed E-state index contributed by atoms with van der Waals surface area (Å²) in [6.45, 7) is 10.1. The van der Waals surface area contributed by atoms with Crippen molar-refractivity contribution in [1.82, 2.24) is 4.90 Å². The zero-order chi connectivity index (χ0) is 35.3. The third-order valence-corrected chi connectivity index (χ3v) is 8.69. The fraction of sp³-hybridized carbons (Fsp3) is 0.559. The summed E-state index contributed by atoms with van der Waals surface area (Å²) in [6.07, 6.45) is -0.326. The second-order valence-electron chi connectivity index (χ2n) is 15.0. The van der Waals surface area contributed by atoms with Gasteiger partial charge in [-0.1, -0.05) is 20.8 Å². The van der Waals surface area contributed by atoms with E-state index in [4.69, 9.17) is 15.2 Å². The van der Waals surface area contributed by atoms with Crippen molar-refractivity contribution in [2.24, 2.45) is 34.3 Å². The number of nitrogens with zero attached hydrogens (tertiary/aromatic N) is 2. The minimum atomic E-state index is -1.23. The molecule has 3 atom stereocenters. The number of ether oxygens (including phenoxy) is 2. The Kier molecular flexibility index (Phi) is 9.44. The van der Waals surface area contributed by atoms with Crippen molar-refractivity contribution in [2.75, 3.05) is 32.3 Å². The van der Waals surface area contributed by atoms with Crippen LogP contribution in [0.1, 0.15) is 75.9 Å². The van der Waals surface area contributed by atoms with E-state index < -0.39 is 82.0 Å². The Morgan fingerprint density at radius 3 is 2.19 bits per heavy atom. The highest BCUT2D eigenvalue weighted by Gasteiger charge is 2.50. The average Bonchev–Trinajstić information content (AvgIpc) is 2.91. The largest absolute Gasteiger partial charge is 0.511 e. The van der Waals surface area contributed by atoms with Crippen molar-refractivity contribution in [2.45, 2.75) is 67.3 Å². The number of fused-ring (bicyclic) bond motifs is 3. The quantitative estimate of drug-likeness (QED) is 0.188. The summed E-state index contributed by atoms with van der Waals surface area (Å²) in [7, 11) is 3.55. The lowest BCUT2D eigenvalue weighted by molar-refractivity contribution is -0.162. The van der Waals surface area contributed by atoms with E-state index in [2.05, 4.69) is 0 Å². The number of nitrogens with two attached hydrogens (primary N) is 1. The van der Waals surface area contributed by atoms with E-state index in [-0.39, 0.29) is 54.8 Å². The highest BCUT2D eigenvalue weighted by atomic mass is 16.7. The summed E-state index contributed by atoms with van der Waals surface area (Å²) in [5, 5.41) is 33.4. The van der Waals surface area contributed by atoms with Crippen molar-refractivity contribution in [1.29, 1.82) is 0 Å². The van der Waals surface area contributed by atoms with E-state index in [1.54, 1.807) is 45.8 Å². The lowest BCUT2D eigenvalue weighted by atomic mass is 9.62. The number of hydrogen-bond donors (Lipinski definition) is 4. The summed E-state index contributed by atoms with van der Waals surface area (Å²) >= 11 is 0. The molecule has 0 saturated carbocycles. The Bertz CT molecular complexity index is 1590. The first kappa shape index (κ1) is 35.3. The standard InChI is InChI=1S/C34H45N3O10/c1-33(2,3)14-37(32(45)47-15-46-31(44)34(4,5)6)13-18-11-20(36(7)8)19-10-16-9-17-12-21(38)25(30(35)43)29(42)23(17)27(40)22(16)28(41)24(19)26(18)39/h11,16-17,23,38-40H,9-10,12-15H2,1-8H3,(H2,35,43). The van der Waals surface area contributed by atoms with Gasteiger partial charge < -0.3 is 40.3 Å². The highest BCUT2D eigenvalue weighted by Crippen LogP contribution is 2.51. The van der Waals surface area contributed by atoms with Gasteiger partial charge in [-0.2, -0.15) is 0 Å². The second kappa shape index (κ2) is 12.6. The number of aliphatic hydroxyl groups is 2. The SMILES string of the molecule is CN(C)c1cc(CN(CC(C)(C)C)C(=O)OCOC(=O)C(C)(C)C)c(O)c2c1CC1CC3CC(O)=C(C(N)=O)C(=O)C3C(O)=C1C2=O. The van der Waals surface area contributed by atoms with Crippen LogP contribution in [0.3, 0.4) is 0 Å². The number of Topliss-reactive ketones (excluding diaryl/α,β-unsaturated/α-hetero) is 2. The number of aromatic hydroxyl groups is 1. The van der Waals surface area contributed by atoms with Crippen LogP contribution in [-0.2, 0) is 36.8 Å².